The molecule has 0 bridgehead atoms. The summed E-state index contributed by atoms with van der Waals surface area (Å²) in [6, 6.07) is 6.06. The third-order valence-electron chi connectivity index (χ3n) is 1.85. The van der Waals surface area contributed by atoms with Gasteiger partial charge in [-0.3, -0.25) is 0 Å². The van der Waals surface area contributed by atoms with Crippen LogP contribution in [0.3, 0.4) is 0 Å². The molecule has 0 fully saturated rings. The molecule has 0 aliphatic carbocycles. The summed E-state index contributed by atoms with van der Waals surface area (Å²) in [7, 11) is 0. The summed E-state index contributed by atoms with van der Waals surface area (Å²) < 4.78 is 0.503. The van der Waals surface area contributed by atoms with Gasteiger partial charge in [-0.1, -0.05) is 24.4 Å². The van der Waals surface area contributed by atoms with E-state index in [-0.39, 0.29) is 37.7 Å². The van der Waals surface area contributed by atoms with Gasteiger partial charge in [0.15, 0.2) is 0 Å². The van der Waals surface area contributed by atoms with Crippen LogP contribution in [0.2, 0.25) is 0 Å². The fourth-order valence-corrected chi connectivity index (χ4v) is 1.23. The van der Waals surface area contributed by atoms with Gasteiger partial charge in [-0.2, -0.15) is 0 Å². The fraction of sp³-hybridized carbons (Fsp3) is 0.222. The Morgan fingerprint density at radius 2 is 2.00 bits per heavy atom. The van der Waals surface area contributed by atoms with E-state index in [1.807, 2.05) is 12.1 Å². The summed E-state index contributed by atoms with van der Waals surface area (Å²) in [5.74, 6) is 0. The Kier molecular flexibility index (Phi) is 6.60. The Balaban J connectivity index is 0.00000144. The van der Waals surface area contributed by atoms with Gasteiger partial charge in [0.1, 0.15) is 4.32 Å². The van der Waals surface area contributed by atoms with E-state index in [0.29, 0.717) is 4.32 Å². The van der Waals surface area contributed by atoms with E-state index in [4.69, 9.17) is 12.2 Å². The van der Waals surface area contributed by atoms with Crippen LogP contribution in [0, 0.1) is 13.8 Å². The molecule has 0 aromatic heterocycles. The molecule has 0 spiro atoms. The van der Waals surface area contributed by atoms with Gasteiger partial charge in [-0.15, -0.1) is 12.6 Å². The predicted molar refractivity (Wildman–Crippen MR) is 69.7 cm³/mol. The first kappa shape index (κ1) is 13.7. The molecule has 0 aliphatic rings. The second kappa shape index (κ2) is 6.25. The molecule has 0 heterocycles. The van der Waals surface area contributed by atoms with Crippen LogP contribution < -0.4 is 5.32 Å². The van der Waals surface area contributed by atoms with Crippen molar-refractivity contribution in [1.29, 1.82) is 0 Å². The third kappa shape index (κ3) is 4.17. The van der Waals surface area contributed by atoms with Crippen molar-refractivity contribution in [3.8, 4) is 0 Å². The van der Waals surface area contributed by atoms with Gasteiger partial charge in [0.2, 0.25) is 0 Å². The van der Waals surface area contributed by atoms with Gasteiger partial charge in [0.05, 0.1) is 0 Å². The number of benzene rings is 1. The van der Waals surface area contributed by atoms with E-state index in [2.05, 4.69) is 37.9 Å². The van der Waals surface area contributed by atoms with E-state index in [9.17, 15) is 0 Å². The monoisotopic (exact) mass is 239 g/mol. The van der Waals surface area contributed by atoms with Crippen molar-refractivity contribution in [2.75, 3.05) is 5.32 Å². The molecule has 0 aliphatic heterocycles. The molecule has 68 valence electrons. The Morgan fingerprint density at radius 1 is 1.38 bits per heavy atom. The van der Waals surface area contributed by atoms with Crippen LogP contribution in [0.25, 0.3) is 0 Å². The van der Waals surface area contributed by atoms with Crippen LogP contribution in [0.1, 0.15) is 11.1 Å². The number of rotatable bonds is 1. The zero-order valence-electron chi connectivity index (χ0n) is 7.09. The van der Waals surface area contributed by atoms with Crippen molar-refractivity contribution >= 4 is 72.6 Å². The minimum atomic E-state index is 0. The summed E-state index contributed by atoms with van der Waals surface area (Å²) in [5.41, 5.74) is 3.51. The molecule has 0 saturated carbocycles. The van der Waals surface area contributed by atoms with Gasteiger partial charge >= 0.3 is 37.7 Å². The topological polar surface area (TPSA) is 12.0 Å². The number of anilines is 1. The number of hydrogen-bond donors (Lipinski definition) is 2. The molecule has 0 atom stereocenters. The molecule has 1 nitrogen and oxygen atoms in total. The van der Waals surface area contributed by atoms with Gasteiger partial charge in [0.25, 0.3) is 0 Å². The molecular weight excluding hydrogens is 226 g/mol. The quantitative estimate of drug-likeness (QED) is 0.442. The number of nitrogens with one attached hydrogen (secondary N) is 1. The van der Waals surface area contributed by atoms with Crippen molar-refractivity contribution in [3.05, 3.63) is 29.3 Å². The first-order valence-corrected chi connectivity index (χ1v) is 4.53. The molecule has 0 saturated heterocycles. The van der Waals surface area contributed by atoms with Crippen LogP contribution in [-0.2, 0) is 0 Å². The maximum atomic E-state index is 4.83. The first-order valence-electron chi connectivity index (χ1n) is 3.67. The summed E-state index contributed by atoms with van der Waals surface area (Å²) >= 11 is 8.84. The van der Waals surface area contributed by atoms with Gasteiger partial charge in [0, 0.05) is 5.69 Å². The molecule has 4 heteroatoms. The summed E-state index contributed by atoms with van der Waals surface area (Å²) in [5, 5.41) is 3.01. The zero-order chi connectivity index (χ0) is 9.14. The Labute approximate surface area is 120 Å². The van der Waals surface area contributed by atoms with Crippen LogP contribution in [-0.4, -0.2) is 42.1 Å². The maximum absolute atomic E-state index is 4.83. The van der Waals surface area contributed by atoms with E-state index >= 15 is 0 Å². The van der Waals surface area contributed by atoms with Crippen molar-refractivity contribution in [2.45, 2.75) is 13.8 Å². The average Bonchev–Trinajstić information content (AvgIpc) is 1.98. The fourth-order valence-electron chi connectivity index (χ4n) is 1.00. The second-order valence-electron chi connectivity index (χ2n) is 2.68. The second-order valence-corrected chi connectivity index (χ2v) is 3.84. The van der Waals surface area contributed by atoms with E-state index in [0.717, 1.165) is 5.69 Å². The minimum absolute atomic E-state index is 0. The van der Waals surface area contributed by atoms with E-state index in [1.54, 1.807) is 0 Å². The molecule has 1 aromatic rings. The molecule has 1 rings (SSSR count). The average molecular weight is 239 g/mol. The van der Waals surface area contributed by atoms with Crippen LogP contribution in [0.15, 0.2) is 18.2 Å². The Bertz CT molecular complexity index is 312. The molecule has 0 amide bonds. The first-order chi connectivity index (χ1) is 5.61. The van der Waals surface area contributed by atoms with Crippen LogP contribution >= 0.6 is 24.8 Å². The van der Waals surface area contributed by atoms with Crippen molar-refractivity contribution in [3.63, 3.8) is 0 Å². The Morgan fingerprint density at radius 3 is 2.54 bits per heavy atom. The van der Waals surface area contributed by atoms with Gasteiger partial charge in [-0.05, 0) is 31.0 Å². The molecule has 13 heavy (non-hydrogen) atoms. The van der Waals surface area contributed by atoms with Crippen molar-refractivity contribution in [1.82, 2.24) is 0 Å². The van der Waals surface area contributed by atoms with E-state index in [1.165, 1.54) is 11.1 Å². The number of thiol groups is 1. The molecule has 1 N–H and O–H groups in total. The van der Waals surface area contributed by atoms with Crippen LogP contribution in [0.4, 0.5) is 5.69 Å². The van der Waals surface area contributed by atoms with Crippen LogP contribution in [0.5, 0.6) is 0 Å². The molecule has 1 aromatic carbocycles. The number of thiocarbonyl (C=S) groups is 1. The van der Waals surface area contributed by atoms with Crippen molar-refractivity contribution in [2.24, 2.45) is 0 Å². The Hall–Kier alpha value is 0.720. The third-order valence-corrected chi connectivity index (χ3v) is 2.06. The molecule has 0 unspecified atom stereocenters. The SMILES string of the molecule is Cc1cccc(NC(=S)S)c1C.[CaH2]. The normalized spacial score (nSPS) is 8.85. The zero-order valence-corrected chi connectivity index (χ0v) is 8.80. The van der Waals surface area contributed by atoms with Gasteiger partial charge in [-0.25, -0.2) is 0 Å². The van der Waals surface area contributed by atoms with Gasteiger partial charge < -0.3 is 5.32 Å². The summed E-state index contributed by atoms with van der Waals surface area (Å²) in [6.07, 6.45) is 0. The molecular formula is C9H13CaNS2. The number of aryl methyl sites for hydroxylation is 1. The summed E-state index contributed by atoms with van der Waals surface area (Å²) in [4.78, 5) is 0. The number of hydrogen-bond acceptors (Lipinski definition) is 1. The summed E-state index contributed by atoms with van der Waals surface area (Å²) in [6.45, 7) is 4.13. The van der Waals surface area contributed by atoms with Crippen molar-refractivity contribution < 1.29 is 0 Å². The standard InChI is InChI=1S/C9H11NS2.Ca.2H/c1-6-4-3-5-8(7(6)2)10-9(11)12;;;/h3-5H,1-2H3,(H2,10,11,12);;;. The predicted octanol–water partition coefficient (Wildman–Crippen LogP) is 2.01. The van der Waals surface area contributed by atoms with E-state index < -0.39 is 0 Å². The molecule has 0 radical (unpaired) electrons.